The molecule has 0 spiro atoms. The third-order valence-corrected chi connectivity index (χ3v) is 3.83. The summed E-state index contributed by atoms with van der Waals surface area (Å²) in [5, 5.41) is 2.64. The number of ether oxygens (including phenoxy) is 3. The van der Waals surface area contributed by atoms with Crippen molar-refractivity contribution in [1.29, 1.82) is 0 Å². The zero-order chi connectivity index (χ0) is 18.8. The molecule has 3 rings (SSSR count). The number of carbonyl (C=O) groups excluding carboxylic acids is 2. The summed E-state index contributed by atoms with van der Waals surface area (Å²) in [4.78, 5) is 35.9. The maximum atomic E-state index is 12.3. The van der Waals surface area contributed by atoms with E-state index in [4.69, 9.17) is 18.6 Å². The second kappa shape index (κ2) is 6.91. The summed E-state index contributed by atoms with van der Waals surface area (Å²) in [6, 6.07) is 6.14. The standard InChI is InChI=1S/C18H17NO7/c1-9-6-15(20)25-10(2)16(9)18(22)26-11(3)17(21)19-12-4-5-13-14(7-12)24-8-23-13/h4-7,11H,8H2,1-3H3,(H,19,21). The van der Waals surface area contributed by atoms with Gasteiger partial charge in [0.2, 0.25) is 6.79 Å². The van der Waals surface area contributed by atoms with Gasteiger partial charge < -0.3 is 23.9 Å². The first kappa shape index (κ1) is 17.5. The van der Waals surface area contributed by atoms with E-state index in [-0.39, 0.29) is 18.1 Å². The lowest BCUT2D eigenvalue weighted by atomic mass is 10.1. The normalized spacial score (nSPS) is 13.2. The van der Waals surface area contributed by atoms with Gasteiger partial charge in [-0.1, -0.05) is 0 Å². The van der Waals surface area contributed by atoms with Gasteiger partial charge in [0.25, 0.3) is 5.91 Å². The van der Waals surface area contributed by atoms with Crippen LogP contribution >= 0.6 is 0 Å². The second-order valence-corrected chi connectivity index (χ2v) is 5.78. The van der Waals surface area contributed by atoms with Crippen molar-refractivity contribution in [2.45, 2.75) is 26.9 Å². The maximum absolute atomic E-state index is 12.3. The van der Waals surface area contributed by atoms with Crippen molar-refractivity contribution in [3.63, 3.8) is 0 Å². The third-order valence-electron chi connectivity index (χ3n) is 3.83. The first-order valence-electron chi connectivity index (χ1n) is 7.88. The van der Waals surface area contributed by atoms with Crippen LogP contribution in [-0.4, -0.2) is 24.8 Å². The minimum atomic E-state index is -1.06. The van der Waals surface area contributed by atoms with Crippen LogP contribution in [0.2, 0.25) is 0 Å². The van der Waals surface area contributed by atoms with E-state index in [1.54, 1.807) is 25.1 Å². The average Bonchev–Trinajstić information content (AvgIpc) is 3.01. The minimum absolute atomic E-state index is 0.132. The van der Waals surface area contributed by atoms with E-state index >= 15 is 0 Å². The van der Waals surface area contributed by atoms with Crippen LogP contribution < -0.4 is 20.4 Å². The molecule has 1 unspecified atom stereocenters. The predicted molar refractivity (Wildman–Crippen MR) is 90.5 cm³/mol. The molecule has 1 aromatic heterocycles. The van der Waals surface area contributed by atoms with Crippen molar-refractivity contribution >= 4 is 17.6 Å². The van der Waals surface area contributed by atoms with E-state index in [9.17, 15) is 14.4 Å². The number of anilines is 1. The fourth-order valence-electron chi connectivity index (χ4n) is 2.55. The van der Waals surface area contributed by atoms with E-state index in [1.165, 1.54) is 19.9 Å². The lowest BCUT2D eigenvalue weighted by molar-refractivity contribution is -0.123. The van der Waals surface area contributed by atoms with E-state index in [1.807, 2.05) is 0 Å². The van der Waals surface area contributed by atoms with Crippen LogP contribution in [0.25, 0.3) is 0 Å². The number of aryl methyl sites for hydroxylation is 2. The molecule has 2 aromatic rings. The molecule has 0 aliphatic carbocycles. The van der Waals surface area contributed by atoms with Crippen molar-refractivity contribution in [3.05, 3.63) is 51.6 Å². The summed E-state index contributed by atoms with van der Waals surface area (Å²) in [6.45, 7) is 4.66. The Morgan fingerprint density at radius 1 is 1.15 bits per heavy atom. The lowest BCUT2D eigenvalue weighted by Crippen LogP contribution is -2.30. The zero-order valence-electron chi connectivity index (χ0n) is 14.5. The van der Waals surface area contributed by atoms with Crippen LogP contribution in [0.1, 0.15) is 28.6 Å². The van der Waals surface area contributed by atoms with Gasteiger partial charge >= 0.3 is 11.6 Å². The molecule has 0 fully saturated rings. The minimum Gasteiger partial charge on any atom is -0.454 e. The number of hydrogen-bond donors (Lipinski definition) is 1. The van der Waals surface area contributed by atoms with Gasteiger partial charge in [0.15, 0.2) is 17.6 Å². The fourth-order valence-corrected chi connectivity index (χ4v) is 2.55. The monoisotopic (exact) mass is 359 g/mol. The molecule has 136 valence electrons. The Hall–Kier alpha value is -3.29. The van der Waals surface area contributed by atoms with Gasteiger partial charge in [-0.2, -0.15) is 0 Å². The molecule has 1 aromatic carbocycles. The molecule has 0 saturated heterocycles. The molecule has 1 amide bonds. The highest BCUT2D eigenvalue weighted by Gasteiger charge is 2.23. The highest BCUT2D eigenvalue weighted by molar-refractivity contribution is 5.98. The van der Waals surface area contributed by atoms with Crippen LogP contribution in [0.4, 0.5) is 5.69 Å². The van der Waals surface area contributed by atoms with Gasteiger partial charge in [0, 0.05) is 17.8 Å². The Kier molecular flexibility index (Phi) is 4.66. The molecule has 1 atom stereocenters. The summed E-state index contributed by atoms with van der Waals surface area (Å²) in [5.41, 5.74) is 0.491. The summed E-state index contributed by atoms with van der Waals surface area (Å²) in [5.74, 6) is 0.0161. The number of esters is 1. The largest absolute Gasteiger partial charge is 0.454 e. The van der Waals surface area contributed by atoms with Crippen molar-refractivity contribution in [1.82, 2.24) is 0 Å². The van der Waals surface area contributed by atoms with Crippen molar-refractivity contribution in [3.8, 4) is 11.5 Å². The van der Waals surface area contributed by atoms with Gasteiger partial charge in [-0.05, 0) is 38.5 Å². The van der Waals surface area contributed by atoms with Crippen molar-refractivity contribution in [2.24, 2.45) is 0 Å². The van der Waals surface area contributed by atoms with Crippen molar-refractivity contribution in [2.75, 3.05) is 12.1 Å². The molecule has 1 aliphatic heterocycles. The number of hydrogen-bond acceptors (Lipinski definition) is 7. The summed E-state index contributed by atoms with van der Waals surface area (Å²) < 4.78 is 20.6. The number of amides is 1. The molecule has 8 heteroatoms. The molecular weight excluding hydrogens is 342 g/mol. The molecule has 0 saturated carbocycles. The SMILES string of the molecule is Cc1cc(=O)oc(C)c1C(=O)OC(C)C(=O)Nc1ccc2c(c1)OCO2. The van der Waals surface area contributed by atoms with Gasteiger partial charge in [-0.15, -0.1) is 0 Å². The smallest absolute Gasteiger partial charge is 0.342 e. The van der Waals surface area contributed by atoms with E-state index < -0.39 is 23.6 Å². The van der Waals surface area contributed by atoms with E-state index in [0.717, 1.165) is 0 Å². The molecule has 8 nitrogen and oxygen atoms in total. The maximum Gasteiger partial charge on any atom is 0.342 e. The Labute approximate surface area is 148 Å². The molecular formula is C18H17NO7. The Morgan fingerprint density at radius 2 is 1.88 bits per heavy atom. The second-order valence-electron chi connectivity index (χ2n) is 5.78. The van der Waals surface area contributed by atoms with Crippen LogP contribution in [0.15, 0.2) is 33.5 Å². The van der Waals surface area contributed by atoms with Crippen molar-refractivity contribution < 1.29 is 28.2 Å². The number of fused-ring (bicyclic) bond motifs is 1. The highest BCUT2D eigenvalue weighted by Crippen LogP contribution is 2.34. The van der Waals surface area contributed by atoms with Gasteiger partial charge in [-0.25, -0.2) is 9.59 Å². The van der Waals surface area contributed by atoms with Crippen LogP contribution in [-0.2, 0) is 9.53 Å². The molecule has 1 N–H and O–H groups in total. The van der Waals surface area contributed by atoms with Crippen LogP contribution in [0, 0.1) is 13.8 Å². The number of benzene rings is 1. The van der Waals surface area contributed by atoms with Crippen LogP contribution in [0.3, 0.4) is 0 Å². The topological polar surface area (TPSA) is 104 Å². The summed E-state index contributed by atoms with van der Waals surface area (Å²) >= 11 is 0. The molecule has 0 radical (unpaired) electrons. The molecule has 0 bridgehead atoms. The highest BCUT2D eigenvalue weighted by atomic mass is 16.7. The number of rotatable bonds is 4. The van der Waals surface area contributed by atoms with Gasteiger partial charge in [0.1, 0.15) is 11.3 Å². The number of nitrogens with one attached hydrogen (secondary N) is 1. The molecule has 26 heavy (non-hydrogen) atoms. The fraction of sp³-hybridized carbons (Fsp3) is 0.278. The van der Waals surface area contributed by atoms with E-state index in [2.05, 4.69) is 5.32 Å². The predicted octanol–water partition coefficient (Wildman–Crippen LogP) is 2.17. The average molecular weight is 359 g/mol. The Balaban J connectivity index is 1.68. The van der Waals surface area contributed by atoms with Gasteiger partial charge in [0.05, 0.1) is 0 Å². The summed E-state index contributed by atoms with van der Waals surface area (Å²) in [6.07, 6.45) is -1.06. The first-order valence-corrected chi connectivity index (χ1v) is 7.88. The van der Waals surface area contributed by atoms with Crippen LogP contribution in [0.5, 0.6) is 11.5 Å². The quantitative estimate of drug-likeness (QED) is 0.834. The molecule has 1 aliphatic rings. The number of carbonyl (C=O) groups is 2. The Bertz CT molecular complexity index is 905. The molecule has 2 heterocycles. The summed E-state index contributed by atoms with van der Waals surface area (Å²) in [7, 11) is 0. The van der Waals surface area contributed by atoms with E-state index in [0.29, 0.717) is 22.7 Å². The third kappa shape index (κ3) is 3.53. The lowest BCUT2D eigenvalue weighted by Gasteiger charge is -2.15. The van der Waals surface area contributed by atoms with Gasteiger partial charge in [-0.3, -0.25) is 4.79 Å². The zero-order valence-corrected chi connectivity index (χ0v) is 14.5. The first-order chi connectivity index (χ1) is 12.3. The Morgan fingerprint density at radius 3 is 2.62 bits per heavy atom.